The van der Waals surface area contributed by atoms with Crippen LogP contribution in [-0.4, -0.2) is 25.7 Å². The second-order valence-electron chi connectivity index (χ2n) is 6.66. The molecule has 5 aromatic rings. The van der Waals surface area contributed by atoms with Gasteiger partial charge in [-0.05, 0) is 43.3 Å². The van der Waals surface area contributed by atoms with Gasteiger partial charge in [0.2, 0.25) is 0 Å². The molecule has 6 nitrogen and oxygen atoms in total. The molecule has 29 heavy (non-hydrogen) atoms. The molecule has 0 fully saturated rings. The van der Waals surface area contributed by atoms with Gasteiger partial charge in [0, 0.05) is 45.5 Å². The Balaban J connectivity index is 1.37. The van der Waals surface area contributed by atoms with Crippen LogP contribution in [0.5, 0.6) is 0 Å². The topological polar surface area (TPSA) is 75.6 Å². The number of aromatic nitrogens is 4. The number of carbonyl (C=O) groups excluding carboxylic acids is 1. The van der Waals surface area contributed by atoms with Crippen LogP contribution in [0, 0.1) is 6.92 Å². The highest BCUT2D eigenvalue weighted by atomic mass is 32.1. The zero-order chi connectivity index (χ0) is 19.8. The molecule has 0 bridgehead atoms. The van der Waals surface area contributed by atoms with Crippen molar-refractivity contribution in [2.45, 2.75) is 6.92 Å². The Kier molecular flexibility index (Phi) is 4.22. The number of hydrogen-bond acceptors (Lipinski definition) is 4. The van der Waals surface area contributed by atoms with Gasteiger partial charge in [-0.3, -0.25) is 10.1 Å². The third-order valence-corrected chi connectivity index (χ3v) is 5.53. The van der Waals surface area contributed by atoms with Crippen molar-refractivity contribution < 1.29 is 4.79 Å². The average Bonchev–Trinajstić information content (AvgIpc) is 3.47. The predicted molar refractivity (Wildman–Crippen MR) is 116 cm³/mol. The van der Waals surface area contributed by atoms with Crippen molar-refractivity contribution in [3.05, 3.63) is 83.6 Å². The van der Waals surface area contributed by atoms with Crippen LogP contribution >= 0.6 is 11.3 Å². The molecule has 5 rings (SSSR count). The van der Waals surface area contributed by atoms with Gasteiger partial charge in [0.05, 0.1) is 11.4 Å². The van der Waals surface area contributed by atoms with Crippen LogP contribution in [0.3, 0.4) is 0 Å². The maximum atomic E-state index is 12.6. The average molecular weight is 399 g/mol. The second-order valence-corrected chi connectivity index (χ2v) is 7.52. The summed E-state index contributed by atoms with van der Waals surface area (Å²) in [6.07, 6.45) is 3.58. The first kappa shape index (κ1) is 17.4. The smallest absolute Gasteiger partial charge is 0.257 e. The van der Waals surface area contributed by atoms with Crippen LogP contribution < -0.4 is 5.32 Å². The normalized spacial score (nSPS) is 11.1. The number of thiazole rings is 1. The Bertz CT molecular complexity index is 1300. The molecular weight excluding hydrogens is 382 g/mol. The van der Waals surface area contributed by atoms with Gasteiger partial charge >= 0.3 is 0 Å². The van der Waals surface area contributed by atoms with E-state index in [1.165, 1.54) is 11.3 Å². The Morgan fingerprint density at radius 3 is 2.72 bits per heavy atom. The third kappa shape index (κ3) is 3.21. The van der Waals surface area contributed by atoms with E-state index in [-0.39, 0.29) is 5.91 Å². The summed E-state index contributed by atoms with van der Waals surface area (Å²) in [4.78, 5) is 20.6. The summed E-state index contributed by atoms with van der Waals surface area (Å²) in [5.41, 5.74) is 5.54. The fourth-order valence-corrected chi connectivity index (χ4v) is 4.11. The SMILES string of the molecule is Cc1[nH]c2ccccc2c1-c1csc(NC(=O)c2ccc(-n3cccn3)cc2)n1. The second kappa shape index (κ2) is 7.03. The summed E-state index contributed by atoms with van der Waals surface area (Å²) < 4.78 is 1.75. The minimum Gasteiger partial charge on any atom is -0.358 e. The number of H-pyrrole nitrogens is 1. The predicted octanol–water partition coefficient (Wildman–Crippen LogP) is 5.04. The van der Waals surface area contributed by atoms with Crippen molar-refractivity contribution in [1.29, 1.82) is 0 Å². The molecule has 0 aliphatic carbocycles. The Hall–Kier alpha value is -3.71. The lowest BCUT2D eigenvalue weighted by Crippen LogP contribution is -2.11. The zero-order valence-corrected chi connectivity index (χ0v) is 16.4. The number of fused-ring (bicyclic) bond motifs is 1. The minimum absolute atomic E-state index is 0.187. The summed E-state index contributed by atoms with van der Waals surface area (Å²) in [6.45, 7) is 2.04. The highest BCUT2D eigenvalue weighted by Gasteiger charge is 2.15. The number of hydrogen-bond donors (Lipinski definition) is 2. The molecule has 0 unspecified atom stereocenters. The van der Waals surface area contributed by atoms with Crippen LogP contribution in [-0.2, 0) is 0 Å². The first-order valence-electron chi connectivity index (χ1n) is 9.14. The summed E-state index contributed by atoms with van der Waals surface area (Å²) in [5, 5.41) is 10.8. The summed E-state index contributed by atoms with van der Waals surface area (Å²) in [5.74, 6) is -0.187. The number of nitrogens with one attached hydrogen (secondary N) is 2. The van der Waals surface area contributed by atoms with Gasteiger partial charge in [-0.2, -0.15) is 5.10 Å². The van der Waals surface area contributed by atoms with Crippen LogP contribution in [0.2, 0.25) is 0 Å². The van der Waals surface area contributed by atoms with E-state index in [9.17, 15) is 4.79 Å². The van der Waals surface area contributed by atoms with Crippen molar-refractivity contribution in [1.82, 2.24) is 19.7 Å². The largest absolute Gasteiger partial charge is 0.358 e. The Morgan fingerprint density at radius 2 is 1.93 bits per heavy atom. The molecule has 0 atom stereocenters. The van der Waals surface area contributed by atoms with Gasteiger partial charge in [0.15, 0.2) is 5.13 Å². The van der Waals surface area contributed by atoms with Crippen LogP contribution in [0.4, 0.5) is 5.13 Å². The minimum atomic E-state index is -0.187. The van der Waals surface area contributed by atoms with Crippen LogP contribution in [0.15, 0.2) is 72.4 Å². The van der Waals surface area contributed by atoms with E-state index in [1.54, 1.807) is 23.0 Å². The fourth-order valence-electron chi connectivity index (χ4n) is 3.41. The quantitative estimate of drug-likeness (QED) is 0.445. The number of anilines is 1. The lowest BCUT2D eigenvalue weighted by Gasteiger charge is -2.04. The monoisotopic (exact) mass is 399 g/mol. The maximum absolute atomic E-state index is 12.6. The molecule has 3 aromatic heterocycles. The number of aryl methyl sites for hydroxylation is 1. The first-order chi connectivity index (χ1) is 14.2. The molecule has 2 N–H and O–H groups in total. The molecule has 7 heteroatoms. The van der Waals surface area contributed by atoms with Gasteiger partial charge in [0.1, 0.15) is 0 Å². The molecule has 142 valence electrons. The standard InChI is InChI=1S/C22H17N5OS/c1-14-20(17-5-2-3-6-18(17)24-14)19-13-29-22(25-19)26-21(28)15-7-9-16(10-8-15)27-12-4-11-23-27/h2-13,24H,1H3,(H,25,26,28). The van der Waals surface area contributed by atoms with E-state index in [0.29, 0.717) is 10.7 Å². The van der Waals surface area contributed by atoms with Gasteiger partial charge < -0.3 is 4.98 Å². The molecule has 0 spiro atoms. The van der Waals surface area contributed by atoms with E-state index in [2.05, 4.69) is 26.4 Å². The van der Waals surface area contributed by atoms with Gasteiger partial charge in [-0.1, -0.05) is 18.2 Å². The number of benzene rings is 2. The number of para-hydroxylation sites is 1. The van der Waals surface area contributed by atoms with Crippen LogP contribution in [0.1, 0.15) is 16.1 Å². The number of rotatable bonds is 4. The highest BCUT2D eigenvalue weighted by molar-refractivity contribution is 7.14. The molecule has 0 saturated heterocycles. The molecule has 1 amide bonds. The highest BCUT2D eigenvalue weighted by Crippen LogP contribution is 2.33. The number of aromatic amines is 1. The van der Waals surface area contributed by atoms with Crippen molar-refractivity contribution in [3.63, 3.8) is 0 Å². The Labute approximate surface area is 170 Å². The van der Waals surface area contributed by atoms with Crippen molar-refractivity contribution in [2.75, 3.05) is 5.32 Å². The van der Waals surface area contributed by atoms with Crippen molar-refractivity contribution in [3.8, 4) is 16.9 Å². The Morgan fingerprint density at radius 1 is 1.10 bits per heavy atom. The van der Waals surface area contributed by atoms with Gasteiger partial charge in [-0.25, -0.2) is 9.67 Å². The molecule has 0 saturated carbocycles. The molecule has 3 heterocycles. The van der Waals surface area contributed by atoms with E-state index in [1.807, 2.05) is 54.9 Å². The number of nitrogens with zero attached hydrogens (tertiary/aromatic N) is 3. The summed E-state index contributed by atoms with van der Waals surface area (Å²) >= 11 is 1.42. The molecule has 0 radical (unpaired) electrons. The lowest BCUT2D eigenvalue weighted by molar-refractivity contribution is 0.102. The molecular formula is C22H17N5OS. The number of amides is 1. The third-order valence-electron chi connectivity index (χ3n) is 4.77. The van der Waals surface area contributed by atoms with Gasteiger partial charge in [-0.15, -0.1) is 11.3 Å². The number of carbonyl (C=O) groups is 1. The first-order valence-corrected chi connectivity index (χ1v) is 10.0. The lowest BCUT2D eigenvalue weighted by atomic mass is 10.1. The van der Waals surface area contributed by atoms with Crippen molar-refractivity contribution >= 4 is 33.3 Å². The maximum Gasteiger partial charge on any atom is 0.257 e. The fraction of sp³-hybridized carbons (Fsp3) is 0.0455. The van der Waals surface area contributed by atoms with E-state index >= 15 is 0 Å². The van der Waals surface area contributed by atoms with E-state index in [0.717, 1.165) is 33.5 Å². The molecule has 0 aliphatic heterocycles. The molecule has 2 aromatic carbocycles. The summed E-state index contributed by atoms with van der Waals surface area (Å²) in [6, 6.07) is 17.3. The van der Waals surface area contributed by atoms with Gasteiger partial charge in [0.25, 0.3) is 5.91 Å². The van der Waals surface area contributed by atoms with E-state index < -0.39 is 0 Å². The van der Waals surface area contributed by atoms with Crippen LogP contribution in [0.25, 0.3) is 27.8 Å². The van der Waals surface area contributed by atoms with Crippen molar-refractivity contribution in [2.24, 2.45) is 0 Å². The zero-order valence-electron chi connectivity index (χ0n) is 15.6. The van der Waals surface area contributed by atoms with E-state index in [4.69, 9.17) is 0 Å². The molecule has 0 aliphatic rings. The summed E-state index contributed by atoms with van der Waals surface area (Å²) in [7, 11) is 0.